The molecule has 4 N–H and O–H groups in total. The molecule has 0 amide bonds. The lowest BCUT2D eigenvalue weighted by Gasteiger charge is -2.19. The number of hydrogen-bond donors (Lipinski definition) is 3. The fourth-order valence-electron chi connectivity index (χ4n) is 1.64. The molecule has 1 aliphatic carbocycles. The minimum atomic E-state index is 0.0636. The van der Waals surface area contributed by atoms with Gasteiger partial charge in [0.25, 0.3) is 0 Å². The second kappa shape index (κ2) is 2.68. The molecule has 64 valence electrons. The van der Waals surface area contributed by atoms with Crippen molar-refractivity contribution in [3.63, 3.8) is 0 Å². The summed E-state index contributed by atoms with van der Waals surface area (Å²) < 4.78 is 0. The molecule has 0 aromatic carbocycles. The smallest absolute Gasteiger partial charge is 0.0824 e. The maximum atomic E-state index is 8.88. The molecule has 0 radical (unpaired) electrons. The Labute approximate surface area is 71.3 Å². The molecule has 3 nitrogen and oxygen atoms in total. The van der Waals surface area contributed by atoms with E-state index in [1.54, 1.807) is 0 Å². The molecule has 0 spiro atoms. The number of nitrogens with two attached hydrogens (primary N) is 1. The van der Waals surface area contributed by atoms with Crippen LogP contribution in [0.2, 0.25) is 0 Å². The molecular formula is C9H12N2O. The lowest BCUT2D eigenvalue weighted by Crippen LogP contribution is -2.31. The van der Waals surface area contributed by atoms with Crippen molar-refractivity contribution < 1.29 is 5.11 Å². The number of nitrogens with one attached hydrogen (secondary N) is 1. The Morgan fingerprint density at radius 3 is 3.08 bits per heavy atom. The van der Waals surface area contributed by atoms with E-state index >= 15 is 0 Å². The van der Waals surface area contributed by atoms with E-state index in [4.69, 9.17) is 10.8 Å². The van der Waals surface area contributed by atoms with Gasteiger partial charge in [-0.3, -0.25) is 0 Å². The lowest BCUT2D eigenvalue weighted by atomic mass is 9.94. The van der Waals surface area contributed by atoms with Crippen LogP contribution in [0, 0.1) is 5.92 Å². The van der Waals surface area contributed by atoms with Crippen molar-refractivity contribution in [2.24, 2.45) is 11.7 Å². The molecule has 1 aliphatic heterocycles. The highest BCUT2D eigenvalue weighted by Crippen LogP contribution is 2.25. The van der Waals surface area contributed by atoms with Crippen LogP contribution < -0.4 is 11.1 Å². The predicted octanol–water partition coefficient (Wildman–Crippen LogP) is -0.137. The Hall–Kier alpha value is -1.22. The SMILES string of the molecule is NC1=CC=CC2NC(CO)=CC12. The van der Waals surface area contributed by atoms with Crippen molar-refractivity contribution in [3.05, 3.63) is 35.7 Å². The van der Waals surface area contributed by atoms with Gasteiger partial charge in [-0.1, -0.05) is 18.2 Å². The number of allylic oxidation sites excluding steroid dienone is 2. The van der Waals surface area contributed by atoms with Crippen LogP contribution in [0.4, 0.5) is 0 Å². The van der Waals surface area contributed by atoms with E-state index in [2.05, 4.69) is 11.4 Å². The summed E-state index contributed by atoms with van der Waals surface area (Å²) >= 11 is 0. The first kappa shape index (κ1) is 7.43. The molecule has 0 aromatic rings. The van der Waals surface area contributed by atoms with Gasteiger partial charge in [-0.2, -0.15) is 0 Å². The maximum absolute atomic E-state index is 8.88. The van der Waals surface area contributed by atoms with Crippen LogP contribution in [0.1, 0.15) is 0 Å². The molecule has 0 bridgehead atoms. The third-order valence-electron chi connectivity index (χ3n) is 2.28. The summed E-state index contributed by atoms with van der Waals surface area (Å²) in [4.78, 5) is 0. The fraction of sp³-hybridized carbons (Fsp3) is 0.333. The molecule has 2 aliphatic rings. The second-order valence-electron chi connectivity index (χ2n) is 3.10. The molecule has 12 heavy (non-hydrogen) atoms. The van der Waals surface area contributed by atoms with Crippen LogP contribution in [0.5, 0.6) is 0 Å². The normalized spacial score (nSPS) is 32.1. The zero-order valence-corrected chi connectivity index (χ0v) is 6.70. The van der Waals surface area contributed by atoms with Crippen LogP contribution in [-0.4, -0.2) is 17.8 Å². The second-order valence-corrected chi connectivity index (χ2v) is 3.10. The standard InChI is InChI=1S/C9H12N2O/c10-8-2-1-3-9-7(8)4-6(5-12)11-9/h1-4,7,9,11-12H,5,10H2. The first-order valence-electron chi connectivity index (χ1n) is 4.03. The van der Waals surface area contributed by atoms with Crippen LogP contribution in [-0.2, 0) is 0 Å². The number of aliphatic hydroxyl groups is 1. The lowest BCUT2D eigenvalue weighted by molar-refractivity contribution is 0.322. The van der Waals surface area contributed by atoms with Crippen LogP contribution in [0.25, 0.3) is 0 Å². The van der Waals surface area contributed by atoms with Gasteiger partial charge in [0, 0.05) is 17.3 Å². The van der Waals surface area contributed by atoms with Crippen LogP contribution in [0.3, 0.4) is 0 Å². The van der Waals surface area contributed by atoms with Gasteiger partial charge in [-0.25, -0.2) is 0 Å². The van der Waals surface area contributed by atoms with E-state index in [0.717, 1.165) is 11.4 Å². The molecule has 1 heterocycles. The Morgan fingerprint density at radius 1 is 1.58 bits per heavy atom. The topological polar surface area (TPSA) is 58.3 Å². The average molecular weight is 164 g/mol. The summed E-state index contributed by atoms with van der Waals surface area (Å²) in [5.74, 6) is 0.233. The first-order valence-corrected chi connectivity index (χ1v) is 4.03. The van der Waals surface area contributed by atoms with Crippen molar-refractivity contribution in [3.8, 4) is 0 Å². The van der Waals surface area contributed by atoms with Crippen molar-refractivity contribution in [1.29, 1.82) is 0 Å². The molecule has 2 atom stereocenters. The highest BCUT2D eigenvalue weighted by atomic mass is 16.3. The molecular weight excluding hydrogens is 152 g/mol. The van der Waals surface area contributed by atoms with E-state index in [1.807, 2.05) is 18.2 Å². The Kier molecular flexibility index (Phi) is 1.66. The summed E-state index contributed by atoms with van der Waals surface area (Å²) in [5.41, 5.74) is 7.51. The highest BCUT2D eigenvalue weighted by molar-refractivity contribution is 5.33. The van der Waals surface area contributed by atoms with Crippen LogP contribution in [0.15, 0.2) is 35.7 Å². The third kappa shape index (κ3) is 1.02. The quantitative estimate of drug-likeness (QED) is 0.505. The molecule has 3 heteroatoms. The van der Waals surface area contributed by atoms with Crippen molar-refractivity contribution in [2.45, 2.75) is 6.04 Å². The minimum absolute atomic E-state index is 0.0636. The average Bonchev–Trinajstić information content (AvgIpc) is 2.49. The molecule has 0 aromatic heterocycles. The van der Waals surface area contributed by atoms with Gasteiger partial charge in [-0.05, 0) is 6.08 Å². The Balaban J connectivity index is 2.23. The molecule has 0 fully saturated rings. The van der Waals surface area contributed by atoms with Crippen molar-refractivity contribution in [1.82, 2.24) is 5.32 Å². The summed E-state index contributed by atoms with van der Waals surface area (Å²) in [6.07, 6.45) is 7.89. The van der Waals surface area contributed by atoms with E-state index in [-0.39, 0.29) is 18.6 Å². The summed E-state index contributed by atoms with van der Waals surface area (Å²) in [6.45, 7) is 0.0636. The molecule has 2 unspecified atom stereocenters. The van der Waals surface area contributed by atoms with Gasteiger partial charge in [0.2, 0.25) is 0 Å². The summed E-state index contributed by atoms with van der Waals surface area (Å²) in [7, 11) is 0. The highest BCUT2D eigenvalue weighted by Gasteiger charge is 2.27. The van der Waals surface area contributed by atoms with E-state index in [1.165, 1.54) is 0 Å². The van der Waals surface area contributed by atoms with Crippen molar-refractivity contribution >= 4 is 0 Å². The number of rotatable bonds is 1. The molecule has 0 saturated carbocycles. The summed E-state index contributed by atoms with van der Waals surface area (Å²) in [6, 6.07) is 0.247. The van der Waals surface area contributed by atoms with Gasteiger partial charge < -0.3 is 16.2 Å². The third-order valence-corrected chi connectivity index (χ3v) is 2.28. The van der Waals surface area contributed by atoms with Gasteiger partial charge in [0.1, 0.15) is 0 Å². The largest absolute Gasteiger partial charge is 0.401 e. The zero-order valence-electron chi connectivity index (χ0n) is 6.70. The Bertz CT molecular complexity index is 278. The molecule has 0 saturated heterocycles. The van der Waals surface area contributed by atoms with E-state index < -0.39 is 0 Å². The van der Waals surface area contributed by atoms with Gasteiger partial charge in [-0.15, -0.1) is 0 Å². The van der Waals surface area contributed by atoms with E-state index in [9.17, 15) is 0 Å². The first-order chi connectivity index (χ1) is 5.81. The van der Waals surface area contributed by atoms with Gasteiger partial charge >= 0.3 is 0 Å². The summed E-state index contributed by atoms with van der Waals surface area (Å²) in [5, 5.41) is 12.1. The van der Waals surface area contributed by atoms with E-state index in [0.29, 0.717) is 0 Å². The fourth-order valence-corrected chi connectivity index (χ4v) is 1.64. The zero-order chi connectivity index (χ0) is 8.55. The van der Waals surface area contributed by atoms with Gasteiger partial charge in [0.05, 0.1) is 12.6 Å². The number of hydrogen-bond acceptors (Lipinski definition) is 3. The monoisotopic (exact) mass is 164 g/mol. The minimum Gasteiger partial charge on any atom is -0.401 e. The van der Waals surface area contributed by atoms with Gasteiger partial charge in [0.15, 0.2) is 0 Å². The number of aliphatic hydroxyl groups excluding tert-OH is 1. The Morgan fingerprint density at radius 2 is 2.42 bits per heavy atom. The number of fused-ring (bicyclic) bond motifs is 1. The predicted molar refractivity (Wildman–Crippen MR) is 47.0 cm³/mol. The maximum Gasteiger partial charge on any atom is 0.0824 e. The molecule has 2 rings (SSSR count). The van der Waals surface area contributed by atoms with Crippen molar-refractivity contribution in [2.75, 3.05) is 6.61 Å². The van der Waals surface area contributed by atoms with Crippen LogP contribution >= 0.6 is 0 Å².